The molecule has 1 fully saturated rings. The Hall–Kier alpha value is -0.160. The molecule has 0 aliphatic carbocycles. The van der Waals surface area contributed by atoms with Gasteiger partial charge in [0.05, 0.1) is 20.0 Å². The molecule has 4 heteroatoms. The summed E-state index contributed by atoms with van der Waals surface area (Å²) in [5, 5.41) is 0. The number of nitrogens with zero attached hydrogens (tertiary/aromatic N) is 4. The molecule has 0 bridgehead atoms. The van der Waals surface area contributed by atoms with Crippen LogP contribution in [0.25, 0.3) is 0 Å². The van der Waals surface area contributed by atoms with E-state index in [0.29, 0.717) is 12.1 Å². The van der Waals surface area contributed by atoms with Gasteiger partial charge >= 0.3 is 0 Å². The van der Waals surface area contributed by atoms with Crippen molar-refractivity contribution in [3.63, 3.8) is 0 Å². The number of hydrogen-bond donors (Lipinski definition) is 0. The summed E-state index contributed by atoms with van der Waals surface area (Å²) < 4.78 is 0. The first-order valence-electron chi connectivity index (χ1n) is 7.25. The molecule has 18 heavy (non-hydrogen) atoms. The first-order chi connectivity index (χ1) is 8.40. The summed E-state index contributed by atoms with van der Waals surface area (Å²) in [6.07, 6.45) is 1.25. The summed E-state index contributed by atoms with van der Waals surface area (Å²) in [6, 6.07) is 1.26. The summed E-state index contributed by atoms with van der Waals surface area (Å²) in [5.74, 6) is 0. The van der Waals surface area contributed by atoms with Gasteiger partial charge in [0, 0.05) is 18.6 Å². The van der Waals surface area contributed by atoms with Crippen molar-refractivity contribution in [2.45, 2.75) is 46.2 Å². The molecule has 108 valence electrons. The lowest BCUT2D eigenvalue weighted by Crippen LogP contribution is -2.58. The van der Waals surface area contributed by atoms with Crippen molar-refractivity contribution >= 4 is 0 Å². The van der Waals surface area contributed by atoms with Crippen LogP contribution in [0.3, 0.4) is 0 Å². The molecule has 0 radical (unpaired) electrons. The maximum atomic E-state index is 2.58. The lowest BCUT2D eigenvalue weighted by Gasteiger charge is -2.45. The standard InChI is InChI=1S/C14H32N4/c1-13(2)17-10-16(9-7-8-15(5)6)11-18(12-17)14(3)4/h13-14H,7-12H2,1-6H3. The molecule has 0 unspecified atom stereocenters. The third-order valence-corrected chi connectivity index (χ3v) is 3.67. The molecule has 0 aromatic heterocycles. The van der Waals surface area contributed by atoms with E-state index in [2.05, 4.69) is 61.4 Å². The second-order valence-electron chi connectivity index (χ2n) is 6.34. The summed E-state index contributed by atoms with van der Waals surface area (Å²) in [4.78, 5) is 9.95. The number of rotatable bonds is 6. The zero-order valence-corrected chi connectivity index (χ0v) is 13.2. The molecular formula is C14H32N4. The quantitative estimate of drug-likeness (QED) is 0.715. The average Bonchev–Trinajstić information content (AvgIpc) is 2.28. The Morgan fingerprint density at radius 1 is 0.889 bits per heavy atom. The molecule has 1 aliphatic heterocycles. The molecule has 0 aromatic rings. The van der Waals surface area contributed by atoms with Crippen molar-refractivity contribution in [1.29, 1.82) is 0 Å². The molecule has 0 spiro atoms. The van der Waals surface area contributed by atoms with E-state index in [9.17, 15) is 0 Å². The Kier molecular flexibility index (Phi) is 6.57. The first kappa shape index (κ1) is 15.9. The predicted octanol–water partition coefficient (Wildman–Crippen LogP) is 1.55. The van der Waals surface area contributed by atoms with E-state index in [4.69, 9.17) is 0 Å². The van der Waals surface area contributed by atoms with Gasteiger partial charge < -0.3 is 4.90 Å². The van der Waals surface area contributed by atoms with Crippen molar-refractivity contribution in [2.75, 3.05) is 47.2 Å². The smallest absolute Gasteiger partial charge is 0.0535 e. The van der Waals surface area contributed by atoms with Crippen LogP contribution in [0.4, 0.5) is 0 Å². The highest BCUT2D eigenvalue weighted by Crippen LogP contribution is 2.13. The topological polar surface area (TPSA) is 13.0 Å². The van der Waals surface area contributed by atoms with Gasteiger partial charge in [0.15, 0.2) is 0 Å². The monoisotopic (exact) mass is 256 g/mol. The van der Waals surface area contributed by atoms with Gasteiger partial charge in [0.2, 0.25) is 0 Å². The predicted molar refractivity (Wildman–Crippen MR) is 78.4 cm³/mol. The molecule has 0 amide bonds. The van der Waals surface area contributed by atoms with Crippen molar-refractivity contribution in [3.05, 3.63) is 0 Å². The zero-order chi connectivity index (χ0) is 13.7. The lowest BCUT2D eigenvalue weighted by molar-refractivity contribution is -0.0580. The van der Waals surface area contributed by atoms with E-state index in [1.165, 1.54) is 19.5 Å². The average molecular weight is 256 g/mol. The van der Waals surface area contributed by atoms with E-state index in [1.807, 2.05) is 0 Å². The third kappa shape index (κ3) is 5.22. The molecule has 0 saturated carbocycles. The van der Waals surface area contributed by atoms with Crippen LogP contribution >= 0.6 is 0 Å². The molecule has 1 saturated heterocycles. The van der Waals surface area contributed by atoms with Crippen molar-refractivity contribution in [3.8, 4) is 0 Å². The van der Waals surface area contributed by atoms with E-state index >= 15 is 0 Å². The fourth-order valence-corrected chi connectivity index (χ4v) is 2.29. The van der Waals surface area contributed by atoms with Crippen LogP contribution in [0, 0.1) is 0 Å². The highest BCUT2D eigenvalue weighted by atomic mass is 15.5. The number of hydrogen-bond acceptors (Lipinski definition) is 4. The SMILES string of the molecule is CC(C)N1CN(CCCN(C)C)CN(C(C)C)C1. The van der Waals surface area contributed by atoms with Gasteiger partial charge in [-0.1, -0.05) is 0 Å². The summed E-state index contributed by atoms with van der Waals surface area (Å²) in [6.45, 7) is 14.9. The van der Waals surface area contributed by atoms with E-state index in [1.54, 1.807) is 0 Å². The minimum atomic E-state index is 0.628. The Bertz CT molecular complexity index is 212. The fraction of sp³-hybridized carbons (Fsp3) is 1.00. The Morgan fingerprint density at radius 3 is 1.78 bits per heavy atom. The minimum Gasteiger partial charge on any atom is -0.309 e. The van der Waals surface area contributed by atoms with Crippen molar-refractivity contribution in [2.24, 2.45) is 0 Å². The summed E-state index contributed by atoms with van der Waals surface area (Å²) in [7, 11) is 4.30. The van der Waals surface area contributed by atoms with Crippen molar-refractivity contribution < 1.29 is 0 Å². The van der Waals surface area contributed by atoms with Gasteiger partial charge in [-0.05, 0) is 54.8 Å². The summed E-state index contributed by atoms with van der Waals surface area (Å²) in [5.41, 5.74) is 0. The highest BCUT2D eigenvalue weighted by molar-refractivity contribution is 4.74. The fourth-order valence-electron chi connectivity index (χ4n) is 2.29. The van der Waals surface area contributed by atoms with Gasteiger partial charge in [-0.15, -0.1) is 0 Å². The third-order valence-electron chi connectivity index (χ3n) is 3.67. The Labute approximate surface area is 114 Å². The van der Waals surface area contributed by atoms with Crippen LogP contribution in [0.1, 0.15) is 34.1 Å². The van der Waals surface area contributed by atoms with Gasteiger partial charge in [-0.3, -0.25) is 14.7 Å². The Morgan fingerprint density at radius 2 is 1.39 bits per heavy atom. The molecule has 1 aliphatic rings. The van der Waals surface area contributed by atoms with Crippen molar-refractivity contribution in [1.82, 2.24) is 19.6 Å². The second kappa shape index (κ2) is 7.43. The van der Waals surface area contributed by atoms with Gasteiger partial charge in [-0.25, -0.2) is 0 Å². The van der Waals surface area contributed by atoms with Gasteiger partial charge in [0.25, 0.3) is 0 Å². The molecule has 1 rings (SSSR count). The van der Waals surface area contributed by atoms with Crippen LogP contribution in [0.5, 0.6) is 0 Å². The maximum Gasteiger partial charge on any atom is 0.0535 e. The normalized spacial score (nSPS) is 20.5. The maximum absolute atomic E-state index is 2.58. The second-order valence-corrected chi connectivity index (χ2v) is 6.34. The molecular weight excluding hydrogens is 224 g/mol. The molecule has 0 aromatic carbocycles. The van der Waals surface area contributed by atoms with Gasteiger partial charge in [-0.2, -0.15) is 0 Å². The molecule has 4 nitrogen and oxygen atoms in total. The van der Waals surface area contributed by atoms with E-state index in [-0.39, 0.29) is 0 Å². The van der Waals surface area contributed by atoms with Crippen LogP contribution in [-0.2, 0) is 0 Å². The van der Waals surface area contributed by atoms with Crippen LogP contribution in [-0.4, -0.2) is 78.9 Å². The van der Waals surface area contributed by atoms with Crippen LogP contribution < -0.4 is 0 Å². The molecule has 0 atom stereocenters. The largest absolute Gasteiger partial charge is 0.309 e. The van der Waals surface area contributed by atoms with Gasteiger partial charge in [0.1, 0.15) is 0 Å². The molecule has 1 heterocycles. The van der Waals surface area contributed by atoms with Crippen LogP contribution in [0.15, 0.2) is 0 Å². The first-order valence-corrected chi connectivity index (χ1v) is 7.25. The molecule has 0 N–H and O–H groups in total. The van der Waals surface area contributed by atoms with Crippen LogP contribution in [0.2, 0.25) is 0 Å². The van der Waals surface area contributed by atoms with E-state index < -0.39 is 0 Å². The van der Waals surface area contributed by atoms with E-state index in [0.717, 1.165) is 20.0 Å². The summed E-state index contributed by atoms with van der Waals surface area (Å²) >= 11 is 0. The highest BCUT2D eigenvalue weighted by Gasteiger charge is 2.25. The zero-order valence-electron chi connectivity index (χ0n) is 13.2. The Balaban J connectivity index is 2.45. The lowest BCUT2D eigenvalue weighted by atomic mass is 10.2. The minimum absolute atomic E-state index is 0.628.